The molecule has 0 nitrogen and oxygen atoms in total. The molecule has 1 saturated heterocycles. The van der Waals surface area contributed by atoms with Crippen LogP contribution in [0.2, 0.25) is 24.2 Å². The van der Waals surface area contributed by atoms with Gasteiger partial charge in [0.05, 0.1) is 8.07 Å². The zero-order chi connectivity index (χ0) is 8.48. The van der Waals surface area contributed by atoms with Crippen molar-refractivity contribution in [3.05, 3.63) is 25.3 Å². The van der Waals surface area contributed by atoms with E-state index in [-0.39, 0.29) is 0 Å². The zero-order valence-electron chi connectivity index (χ0n) is 7.64. The van der Waals surface area contributed by atoms with Crippen LogP contribution in [0.5, 0.6) is 0 Å². The van der Waals surface area contributed by atoms with Crippen LogP contribution >= 0.6 is 0 Å². The van der Waals surface area contributed by atoms with Gasteiger partial charge in [-0.3, -0.25) is 0 Å². The minimum atomic E-state index is -1.04. The molecule has 0 aromatic carbocycles. The summed E-state index contributed by atoms with van der Waals surface area (Å²) in [7, 11) is -1.04. The van der Waals surface area contributed by atoms with Gasteiger partial charge in [-0.1, -0.05) is 25.2 Å². The minimum Gasteiger partial charge on any atom is -0.103 e. The Bertz CT molecular complexity index is 152. The maximum absolute atomic E-state index is 3.91. The van der Waals surface area contributed by atoms with Gasteiger partial charge in [0, 0.05) is 0 Å². The molecule has 11 heavy (non-hydrogen) atoms. The lowest BCUT2D eigenvalue weighted by Crippen LogP contribution is -2.30. The van der Waals surface area contributed by atoms with E-state index in [0.29, 0.717) is 0 Å². The normalized spacial score (nSPS) is 35.1. The van der Waals surface area contributed by atoms with Crippen LogP contribution in [0.25, 0.3) is 0 Å². The van der Waals surface area contributed by atoms with E-state index in [1.54, 1.807) is 0 Å². The number of hydrogen-bond acceptors (Lipinski definition) is 0. The highest BCUT2D eigenvalue weighted by molar-refractivity contribution is 6.81. The summed E-state index contributed by atoms with van der Waals surface area (Å²) in [6.45, 7) is 12.7. The standard InChI is InChI=1S/C10H18Si/c1-5-9-7-8-10(6-2)11(9,3)4/h5-6,9-10H,1-2,7-8H2,3-4H3. The Morgan fingerprint density at radius 1 is 1.09 bits per heavy atom. The second-order valence-corrected chi connectivity index (χ2v) is 9.21. The molecule has 2 unspecified atom stereocenters. The Balaban J connectivity index is 2.79. The van der Waals surface area contributed by atoms with E-state index in [1.165, 1.54) is 12.8 Å². The Morgan fingerprint density at radius 2 is 1.45 bits per heavy atom. The average molecular weight is 166 g/mol. The van der Waals surface area contributed by atoms with Crippen LogP contribution in [0, 0.1) is 0 Å². The van der Waals surface area contributed by atoms with E-state index in [4.69, 9.17) is 0 Å². The van der Waals surface area contributed by atoms with E-state index in [2.05, 4.69) is 38.4 Å². The number of allylic oxidation sites excluding steroid dienone is 2. The number of rotatable bonds is 2. The van der Waals surface area contributed by atoms with Gasteiger partial charge in [-0.25, -0.2) is 0 Å². The van der Waals surface area contributed by atoms with Gasteiger partial charge in [-0.15, -0.1) is 13.2 Å². The van der Waals surface area contributed by atoms with Crippen LogP contribution in [0.3, 0.4) is 0 Å². The van der Waals surface area contributed by atoms with Crippen LogP contribution in [0.15, 0.2) is 25.3 Å². The minimum absolute atomic E-state index is 0.825. The van der Waals surface area contributed by atoms with Gasteiger partial charge >= 0.3 is 0 Å². The summed E-state index contributed by atoms with van der Waals surface area (Å²) >= 11 is 0. The van der Waals surface area contributed by atoms with Gasteiger partial charge in [-0.05, 0) is 23.9 Å². The Hall–Kier alpha value is -0.303. The summed E-state index contributed by atoms with van der Waals surface area (Å²) in [6, 6.07) is 0. The first-order valence-electron chi connectivity index (χ1n) is 4.38. The third kappa shape index (κ3) is 1.34. The molecule has 0 aliphatic carbocycles. The summed E-state index contributed by atoms with van der Waals surface area (Å²) in [6.07, 6.45) is 7.02. The lowest BCUT2D eigenvalue weighted by Gasteiger charge is -2.26. The molecule has 1 heteroatoms. The van der Waals surface area contributed by atoms with Gasteiger partial charge in [-0.2, -0.15) is 0 Å². The quantitative estimate of drug-likeness (QED) is 0.434. The third-order valence-corrected chi connectivity index (χ3v) is 8.14. The summed E-state index contributed by atoms with van der Waals surface area (Å²) in [5.74, 6) is 0. The predicted octanol–water partition coefficient (Wildman–Crippen LogP) is 3.60. The lowest BCUT2D eigenvalue weighted by atomic mass is 10.2. The van der Waals surface area contributed by atoms with Gasteiger partial charge in [0.15, 0.2) is 0 Å². The van der Waals surface area contributed by atoms with Crippen molar-refractivity contribution in [2.24, 2.45) is 0 Å². The summed E-state index contributed by atoms with van der Waals surface area (Å²) in [5, 5.41) is 0. The van der Waals surface area contributed by atoms with E-state index in [9.17, 15) is 0 Å². The summed E-state index contributed by atoms with van der Waals surface area (Å²) in [4.78, 5) is 0. The van der Waals surface area contributed by atoms with Gasteiger partial charge < -0.3 is 0 Å². The fourth-order valence-electron chi connectivity index (χ4n) is 2.22. The zero-order valence-corrected chi connectivity index (χ0v) is 8.64. The first-order valence-corrected chi connectivity index (χ1v) is 7.53. The molecular formula is C10H18Si. The molecule has 0 N–H and O–H groups in total. The molecule has 0 saturated carbocycles. The van der Waals surface area contributed by atoms with Crippen molar-refractivity contribution in [1.82, 2.24) is 0 Å². The summed E-state index contributed by atoms with van der Waals surface area (Å²) < 4.78 is 0. The van der Waals surface area contributed by atoms with Crippen molar-refractivity contribution in [2.45, 2.75) is 37.0 Å². The lowest BCUT2D eigenvalue weighted by molar-refractivity contribution is 0.824. The summed E-state index contributed by atoms with van der Waals surface area (Å²) in [5.41, 5.74) is 1.65. The predicted molar refractivity (Wildman–Crippen MR) is 54.6 cm³/mol. The van der Waals surface area contributed by atoms with Gasteiger partial charge in [0.2, 0.25) is 0 Å². The third-order valence-electron chi connectivity index (χ3n) is 3.27. The molecule has 1 heterocycles. The van der Waals surface area contributed by atoms with Crippen LogP contribution in [-0.2, 0) is 0 Å². The number of hydrogen-bond donors (Lipinski definition) is 0. The topological polar surface area (TPSA) is 0 Å². The molecule has 0 aromatic rings. The van der Waals surface area contributed by atoms with E-state index >= 15 is 0 Å². The van der Waals surface area contributed by atoms with Crippen molar-refractivity contribution < 1.29 is 0 Å². The average Bonchev–Trinajstić information content (AvgIpc) is 2.24. The van der Waals surface area contributed by atoms with Crippen molar-refractivity contribution in [3.63, 3.8) is 0 Å². The van der Waals surface area contributed by atoms with E-state index in [1.807, 2.05) is 0 Å². The highest BCUT2D eigenvalue weighted by Gasteiger charge is 2.41. The molecule has 1 aliphatic heterocycles. The first kappa shape index (κ1) is 8.79. The van der Waals surface area contributed by atoms with Crippen LogP contribution in [0.1, 0.15) is 12.8 Å². The Morgan fingerprint density at radius 3 is 1.64 bits per heavy atom. The molecule has 0 amide bonds. The SMILES string of the molecule is C=CC1CCC(C=C)[Si]1(C)C. The Labute approximate surface area is 71.0 Å². The van der Waals surface area contributed by atoms with Crippen LogP contribution in [-0.4, -0.2) is 8.07 Å². The van der Waals surface area contributed by atoms with Crippen LogP contribution in [0.4, 0.5) is 0 Å². The highest BCUT2D eigenvalue weighted by Crippen LogP contribution is 2.47. The fraction of sp³-hybridized carbons (Fsp3) is 0.600. The van der Waals surface area contributed by atoms with E-state index < -0.39 is 8.07 Å². The molecule has 1 fully saturated rings. The molecule has 2 atom stereocenters. The van der Waals surface area contributed by atoms with Crippen LogP contribution < -0.4 is 0 Å². The highest BCUT2D eigenvalue weighted by atomic mass is 28.3. The molecule has 1 aliphatic rings. The fourth-order valence-corrected chi connectivity index (χ4v) is 5.81. The van der Waals surface area contributed by atoms with Crippen molar-refractivity contribution >= 4 is 8.07 Å². The molecule has 0 spiro atoms. The smallest absolute Gasteiger partial charge is 0.0611 e. The maximum atomic E-state index is 3.91. The maximum Gasteiger partial charge on any atom is 0.0611 e. The molecular weight excluding hydrogens is 148 g/mol. The first-order chi connectivity index (χ1) is 5.12. The second-order valence-electron chi connectivity index (χ2n) is 4.08. The van der Waals surface area contributed by atoms with Gasteiger partial charge in [0.1, 0.15) is 0 Å². The Kier molecular flexibility index (Phi) is 2.38. The molecule has 1 rings (SSSR count). The van der Waals surface area contributed by atoms with Gasteiger partial charge in [0.25, 0.3) is 0 Å². The molecule has 0 aromatic heterocycles. The molecule has 0 bridgehead atoms. The second kappa shape index (κ2) is 2.98. The van der Waals surface area contributed by atoms with Crippen molar-refractivity contribution in [2.75, 3.05) is 0 Å². The van der Waals surface area contributed by atoms with E-state index in [0.717, 1.165) is 11.1 Å². The molecule has 0 radical (unpaired) electrons. The van der Waals surface area contributed by atoms with Crippen molar-refractivity contribution in [1.29, 1.82) is 0 Å². The monoisotopic (exact) mass is 166 g/mol. The van der Waals surface area contributed by atoms with Crippen molar-refractivity contribution in [3.8, 4) is 0 Å². The largest absolute Gasteiger partial charge is 0.103 e. The molecule has 62 valence electrons.